The Morgan fingerprint density at radius 1 is 0.935 bits per heavy atom. The van der Waals surface area contributed by atoms with Crippen LogP contribution in [0.15, 0.2) is 54.6 Å². The molecule has 3 aromatic rings. The molecule has 162 valence electrons. The molecule has 31 heavy (non-hydrogen) atoms. The van der Waals surface area contributed by atoms with Crippen molar-refractivity contribution in [1.29, 1.82) is 0 Å². The fourth-order valence-electron chi connectivity index (χ4n) is 4.13. The fourth-order valence-corrected chi connectivity index (χ4v) is 4.13. The Hall–Kier alpha value is -3.12. The summed E-state index contributed by atoms with van der Waals surface area (Å²) in [4.78, 5) is 17.7. The van der Waals surface area contributed by atoms with E-state index in [-0.39, 0.29) is 5.91 Å². The van der Waals surface area contributed by atoms with Gasteiger partial charge in [-0.3, -0.25) is 9.69 Å². The number of rotatable bonds is 5. The van der Waals surface area contributed by atoms with Gasteiger partial charge in [-0.1, -0.05) is 6.07 Å². The minimum absolute atomic E-state index is 0.110. The number of nitrogens with zero attached hydrogens (tertiary/aromatic N) is 4. The zero-order chi connectivity index (χ0) is 22.0. The molecular weight excluding hydrogens is 386 g/mol. The Morgan fingerprint density at radius 3 is 2.26 bits per heavy atom. The molecule has 1 saturated heterocycles. The number of hydrogen-bond acceptors (Lipinski definition) is 4. The molecule has 1 amide bonds. The van der Waals surface area contributed by atoms with Crippen LogP contribution in [0, 0.1) is 13.8 Å². The zero-order valence-electron chi connectivity index (χ0n) is 18.8. The van der Waals surface area contributed by atoms with Crippen molar-refractivity contribution in [1.82, 2.24) is 14.7 Å². The van der Waals surface area contributed by atoms with E-state index in [9.17, 15) is 4.79 Å². The molecule has 0 radical (unpaired) electrons. The van der Waals surface area contributed by atoms with Crippen LogP contribution in [0.5, 0.6) is 0 Å². The van der Waals surface area contributed by atoms with Crippen molar-refractivity contribution in [3.63, 3.8) is 0 Å². The third-order valence-electron chi connectivity index (χ3n) is 5.90. The SMILES string of the molecule is Cc1cc(C)n(-c2cccc(NC(=O)c3ccc(N4CCN(C(C)C)CC4)cc3)c2)n1. The van der Waals surface area contributed by atoms with Crippen LogP contribution in [0.2, 0.25) is 0 Å². The molecule has 1 aliphatic rings. The van der Waals surface area contributed by atoms with Crippen LogP contribution in [-0.4, -0.2) is 52.8 Å². The predicted octanol–water partition coefficient (Wildman–Crippen LogP) is 4.27. The summed E-state index contributed by atoms with van der Waals surface area (Å²) in [6.45, 7) is 12.7. The van der Waals surface area contributed by atoms with Crippen molar-refractivity contribution in [2.24, 2.45) is 0 Å². The normalized spacial score (nSPS) is 14.8. The average Bonchev–Trinajstić information content (AvgIpc) is 3.12. The summed E-state index contributed by atoms with van der Waals surface area (Å²) in [6, 6.07) is 18.3. The van der Waals surface area contributed by atoms with Gasteiger partial charge in [0.2, 0.25) is 0 Å². The first-order chi connectivity index (χ1) is 14.9. The summed E-state index contributed by atoms with van der Waals surface area (Å²) in [5, 5.41) is 7.54. The molecule has 0 aliphatic carbocycles. The Labute approximate surface area is 184 Å². The van der Waals surface area contributed by atoms with Crippen molar-refractivity contribution >= 4 is 17.3 Å². The Morgan fingerprint density at radius 2 is 1.65 bits per heavy atom. The Bertz CT molecular complexity index is 1050. The standard InChI is InChI=1S/C25H31N5O/c1-18(2)28-12-14-29(15-13-28)23-10-8-21(9-11-23)25(31)26-22-6-5-7-24(17-22)30-20(4)16-19(3)27-30/h5-11,16-18H,12-15H2,1-4H3,(H,26,31). The summed E-state index contributed by atoms with van der Waals surface area (Å²) < 4.78 is 1.89. The first-order valence-corrected chi connectivity index (χ1v) is 10.9. The summed E-state index contributed by atoms with van der Waals surface area (Å²) >= 11 is 0. The molecule has 1 fully saturated rings. The number of hydrogen-bond donors (Lipinski definition) is 1. The van der Waals surface area contributed by atoms with Crippen molar-refractivity contribution in [2.75, 3.05) is 36.4 Å². The maximum absolute atomic E-state index is 12.8. The van der Waals surface area contributed by atoms with Gasteiger partial charge >= 0.3 is 0 Å². The lowest BCUT2D eigenvalue weighted by Crippen LogP contribution is -2.48. The van der Waals surface area contributed by atoms with Gasteiger partial charge in [0.25, 0.3) is 5.91 Å². The van der Waals surface area contributed by atoms with Crippen molar-refractivity contribution in [3.8, 4) is 5.69 Å². The van der Waals surface area contributed by atoms with Gasteiger partial charge in [0.1, 0.15) is 0 Å². The number of piperazine rings is 1. The van der Waals surface area contributed by atoms with Crippen LogP contribution < -0.4 is 10.2 Å². The number of anilines is 2. The topological polar surface area (TPSA) is 53.4 Å². The maximum atomic E-state index is 12.8. The lowest BCUT2D eigenvalue weighted by atomic mass is 10.1. The molecule has 6 nitrogen and oxygen atoms in total. The largest absolute Gasteiger partial charge is 0.369 e. The van der Waals surface area contributed by atoms with Crippen LogP contribution >= 0.6 is 0 Å². The van der Waals surface area contributed by atoms with Crippen LogP contribution in [-0.2, 0) is 0 Å². The van der Waals surface area contributed by atoms with Gasteiger partial charge in [0, 0.05) is 54.9 Å². The number of nitrogens with one attached hydrogen (secondary N) is 1. The molecule has 6 heteroatoms. The van der Waals surface area contributed by atoms with Gasteiger partial charge in [-0.2, -0.15) is 5.10 Å². The molecule has 2 heterocycles. The van der Waals surface area contributed by atoms with E-state index in [0.29, 0.717) is 11.6 Å². The van der Waals surface area contributed by atoms with Gasteiger partial charge in [-0.15, -0.1) is 0 Å². The predicted molar refractivity (Wildman–Crippen MR) is 126 cm³/mol. The Kier molecular flexibility index (Phi) is 6.09. The van der Waals surface area contributed by atoms with E-state index in [2.05, 4.69) is 34.1 Å². The minimum atomic E-state index is -0.110. The van der Waals surface area contributed by atoms with Gasteiger partial charge in [0.05, 0.1) is 11.4 Å². The second-order valence-electron chi connectivity index (χ2n) is 8.51. The molecule has 1 aliphatic heterocycles. The third-order valence-corrected chi connectivity index (χ3v) is 5.90. The first kappa shape index (κ1) is 21.1. The van der Waals surface area contributed by atoms with E-state index >= 15 is 0 Å². The highest BCUT2D eigenvalue weighted by Crippen LogP contribution is 2.20. The van der Waals surface area contributed by atoms with Crippen molar-refractivity contribution in [3.05, 3.63) is 71.5 Å². The van der Waals surface area contributed by atoms with Crippen LogP contribution in [0.1, 0.15) is 35.6 Å². The number of aromatic nitrogens is 2. The number of carbonyl (C=O) groups excluding carboxylic acids is 1. The highest BCUT2D eigenvalue weighted by molar-refractivity contribution is 6.04. The molecule has 0 spiro atoms. The molecule has 0 saturated carbocycles. The number of aryl methyl sites for hydroxylation is 2. The van der Waals surface area contributed by atoms with Gasteiger partial charge in [-0.25, -0.2) is 4.68 Å². The molecule has 2 aromatic carbocycles. The number of benzene rings is 2. The minimum Gasteiger partial charge on any atom is -0.369 e. The van der Waals surface area contributed by atoms with E-state index in [0.717, 1.165) is 48.9 Å². The lowest BCUT2D eigenvalue weighted by Gasteiger charge is -2.38. The number of carbonyl (C=O) groups is 1. The quantitative estimate of drug-likeness (QED) is 0.674. The maximum Gasteiger partial charge on any atom is 0.255 e. The molecule has 1 N–H and O–H groups in total. The van der Waals surface area contributed by atoms with Gasteiger partial charge < -0.3 is 10.2 Å². The molecule has 0 unspecified atom stereocenters. The smallest absolute Gasteiger partial charge is 0.255 e. The molecule has 0 atom stereocenters. The third kappa shape index (κ3) is 4.80. The Balaban J connectivity index is 1.41. The van der Waals surface area contributed by atoms with Crippen molar-refractivity contribution in [2.45, 2.75) is 33.7 Å². The lowest BCUT2D eigenvalue weighted by molar-refractivity contribution is 0.102. The van der Waals surface area contributed by atoms with E-state index in [1.165, 1.54) is 5.69 Å². The van der Waals surface area contributed by atoms with E-state index in [1.807, 2.05) is 73.1 Å². The van der Waals surface area contributed by atoms with Gasteiger partial charge in [-0.05, 0) is 76.2 Å². The van der Waals surface area contributed by atoms with Crippen molar-refractivity contribution < 1.29 is 4.79 Å². The van der Waals surface area contributed by atoms with E-state index < -0.39 is 0 Å². The second kappa shape index (κ2) is 8.94. The summed E-state index contributed by atoms with van der Waals surface area (Å²) in [7, 11) is 0. The zero-order valence-corrected chi connectivity index (χ0v) is 18.8. The highest BCUT2D eigenvalue weighted by Gasteiger charge is 2.19. The number of amides is 1. The fraction of sp³-hybridized carbons (Fsp3) is 0.360. The molecular formula is C25H31N5O. The van der Waals surface area contributed by atoms with E-state index in [4.69, 9.17) is 0 Å². The summed E-state index contributed by atoms with van der Waals surface area (Å²) in [6.07, 6.45) is 0. The summed E-state index contributed by atoms with van der Waals surface area (Å²) in [5.74, 6) is -0.110. The summed E-state index contributed by atoms with van der Waals surface area (Å²) in [5.41, 5.74) is 5.54. The average molecular weight is 418 g/mol. The van der Waals surface area contributed by atoms with E-state index in [1.54, 1.807) is 0 Å². The molecule has 0 bridgehead atoms. The van der Waals surface area contributed by atoms with Crippen LogP contribution in [0.3, 0.4) is 0 Å². The molecule has 4 rings (SSSR count). The van der Waals surface area contributed by atoms with Crippen LogP contribution in [0.25, 0.3) is 5.69 Å². The second-order valence-corrected chi connectivity index (χ2v) is 8.51. The van der Waals surface area contributed by atoms with Crippen LogP contribution in [0.4, 0.5) is 11.4 Å². The monoisotopic (exact) mass is 417 g/mol. The highest BCUT2D eigenvalue weighted by atomic mass is 16.1. The first-order valence-electron chi connectivity index (χ1n) is 10.9. The molecule has 1 aromatic heterocycles. The van der Waals surface area contributed by atoms with Gasteiger partial charge in [0.15, 0.2) is 0 Å².